The van der Waals surface area contributed by atoms with Crippen LogP contribution >= 0.6 is 0 Å². The van der Waals surface area contributed by atoms with Crippen molar-refractivity contribution in [2.24, 2.45) is 5.92 Å². The van der Waals surface area contributed by atoms with Gasteiger partial charge in [0.15, 0.2) is 0 Å². The van der Waals surface area contributed by atoms with Crippen molar-refractivity contribution in [1.82, 2.24) is 14.7 Å². The van der Waals surface area contributed by atoms with Crippen LogP contribution in [0.1, 0.15) is 31.2 Å². The molecule has 4 heteroatoms. The van der Waals surface area contributed by atoms with E-state index >= 15 is 0 Å². The van der Waals surface area contributed by atoms with Crippen LogP contribution in [0.25, 0.3) is 0 Å². The molecule has 2 heterocycles. The Balaban J connectivity index is 1.66. The van der Waals surface area contributed by atoms with Gasteiger partial charge in [-0.25, -0.2) is 0 Å². The van der Waals surface area contributed by atoms with E-state index in [2.05, 4.69) is 22.3 Å². The van der Waals surface area contributed by atoms with Crippen molar-refractivity contribution in [3.63, 3.8) is 0 Å². The van der Waals surface area contributed by atoms with Gasteiger partial charge in [-0.05, 0) is 31.2 Å². The minimum Gasteiger partial charge on any atom is -0.298 e. The average molecular weight is 244 g/mol. The molecule has 0 bridgehead atoms. The Morgan fingerprint density at radius 2 is 2.28 bits per heavy atom. The Bertz CT molecular complexity index is 460. The predicted molar refractivity (Wildman–Crippen MR) is 68.9 cm³/mol. The van der Waals surface area contributed by atoms with E-state index < -0.39 is 0 Å². The second-order valence-corrected chi connectivity index (χ2v) is 5.99. The first-order valence-electron chi connectivity index (χ1n) is 6.83. The summed E-state index contributed by atoms with van der Waals surface area (Å²) in [5, 5.41) is 13.5. The number of hydrogen-bond acceptors (Lipinski definition) is 3. The van der Waals surface area contributed by atoms with Gasteiger partial charge in [0, 0.05) is 25.8 Å². The molecular formula is C14H20N4. The van der Waals surface area contributed by atoms with Crippen molar-refractivity contribution in [3.8, 4) is 6.07 Å². The van der Waals surface area contributed by atoms with Crippen LogP contribution in [0, 0.1) is 24.2 Å². The van der Waals surface area contributed by atoms with Crippen LogP contribution in [0.5, 0.6) is 0 Å². The van der Waals surface area contributed by atoms with Crippen molar-refractivity contribution >= 4 is 0 Å². The minimum absolute atomic E-state index is 0.0627. The fourth-order valence-electron chi connectivity index (χ4n) is 3.11. The molecule has 0 atom stereocenters. The highest BCUT2D eigenvalue weighted by Gasteiger charge is 2.45. The summed E-state index contributed by atoms with van der Waals surface area (Å²) in [6.07, 6.45) is 8.70. The van der Waals surface area contributed by atoms with E-state index in [9.17, 15) is 0 Å². The van der Waals surface area contributed by atoms with E-state index in [0.717, 1.165) is 19.0 Å². The van der Waals surface area contributed by atoms with E-state index in [4.69, 9.17) is 5.26 Å². The zero-order chi connectivity index (χ0) is 12.6. The average Bonchev–Trinajstić information content (AvgIpc) is 2.65. The van der Waals surface area contributed by atoms with Gasteiger partial charge >= 0.3 is 0 Å². The number of likely N-dealkylation sites (tertiary alicyclic amines) is 1. The molecule has 0 unspecified atom stereocenters. The molecule has 1 saturated heterocycles. The second kappa shape index (κ2) is 4.40. The number of nitriles is 1. The summed E-state index contributed by atoms with van der Waals surface area (Å²) in [6.45, 7) is 5.23. The molecule has 0 N–H and O–H groups in total. The smallest absolute Gasteiger partial charge is 0.101 e. The first-order chi connectivity index (χ1) is 8.72. The molecule has 1 aromatic heterocycles. The zero-order valence-electron chi connectivity index (χ0n) is 11.0. The first kappa shape index (κ1) is 11.7. The summed E-state index contributed by atoms with van der Waals surface area (Å²) in [6, 6.07) is 2.33. The van der Waals surface area contributed by atoms with E-state index in [1.165, 1.54) is 31.4 Å². The van der Waals surface area contributed by atoms with Crippen molar-refractivity contribution in [1.29, 1.82) is 5.26 Å². The summed E-state index contributed by atoms with van der Waals surface area (Å²) < 4.78 is 2.02. The van der Waals surface area contributed by atoms with E-state index in [-0.39, 0.29) is 5.54 Å². The third kappa shape index (κ3) is 1.93. The van der Waals surface area contributed by atoms with E-state index in [1.54, 1.807) is 0 Å². The molecule has 0 radical (unpaired) electrons. The molecule has 1 aliphatic carbocycles. The zero-order valence-corrected chi connectivity index (χ0v) is 11.0. The quantitative estimate of drug-likeness (QED) is 0.812. The van der Waals surface area contributed by atoms with Crippen LogP contribution in [-0.4, -0.2) is 34.3 Å². The van der Waals surface area contributed by atoms with Crippen LogP contribution in [0.4, 0.5) is 0 Å². The lowest BCUT2D eigenvalue weighted by Crippen LogP contribution is -2.63. The monoisotopic (exact) mass is 244 g/mol. The topological polar surface area (TPSA) is 44.9 Å². The van der Waals surface area contributed by atoms with Gasteiger partial charge in [0.05, 0.1) is 18.7 Å². The van der Waals surface area contributed by atoms with Gasteiger partial charge in [-0.15, -0.1) is 0 Å². The van der Waals surface area contributed by atoms with Gasteiger partial charge in [-0.3, -0.25) is 9.58 Å². The standard InChI is InChI=1S/C14H20N4/c1-12-7-16-18(8-12)14(5-6-15)10-17(11-14)9-13-3-2-4-13/h7-8,13H,2-5,9-11H2,1H3. The Morgan fingerprint density at radius 3 is 2.78 bits per heavy atom. The number of nitrogens with zero attached hydrogens (tertiary/aromatic N) is 4. The van der Waals surface area contributed by atoms with Crippen LogP contribution in [0.15, 0.2) is 12.4 Å². The van der Waals surface area contributed by atoms with Crippen LogP contribution in [0.3, 0.4) is 0 Å². The molecule has 4 nitrogen and oxygen atoms in total. The maximum atomic E-state index is 9.05. The Labute approximate surface area is 108 Å². The van der Waals surface area contributed by atoms with Crippen molar-refractivity contribution in [3.05, 3.63) is 18.0 Å². The molecular weight excluding hydrogens is 224 g/mol. The largest absolute Gasteiger partial charge is 0.298 e. The van der Waals surface area contributed by atoms with Gasteiger partial charge < -0.3 is 0 Å². The third-order valence-electron chi connectivity index (χ3n) is 4.38. The van der Waals surface area contributed by atoms with Crippen LogP contribution in [0.2, 0.25) is 0 Å². The molecule has 0 aromatic carbocycles. The van der Waals surface area contributed by atoms with Crippen molar-refractivity contribution < 1.29 is 0 Å². The second-order valence-electron chi connectivity index (χ2n) is 5.99. The summed E-state index contributed by atoms with van der Waals surface area (Å²) in [5.74, 6) is 0.907. The molecule has 0 amide bonds. The molecule has 2 aliphatic rings. The molecule has 1 aliphatic heterocycles. The van der Waals surface area contributed by atoms with Crippen LogP contribution in [-0.2, 0) is 5.54 Å². The van der Waals surface area contributed by atoms with Crippen LogP contribution < -0.4 is 0 Å². The van der Waals surface area contributed by atoms with E-state index in [1.807, 2.05) is 17.8 Å². The van der Waals surface area contributed by atoms with Crippen molar-refractivity contribution in [2.75, 3.05) is 19.6 Å². The lowest BCUT2D eigenvalue weighted by molar-refractivity contribution is -0.0135. The lowest BCUT2D eigenvalue weighted by atomic mass is 9.81. The Kier molecular flexibility index (Phi) is 2.87. The Hall–Kier alpha value is -1.34. The van der Waals surface area contributed by atoms with Gasteiger partial charge in [0.1, 0.15) is 5.54 Å². The summed E-state index contributed by atoms with van der Waals surface area (Å²) >= 11 is 0. The molecule has 1 saturated carbocycles. The molecule has 96 valence electrons. The fraction of sp³-hybridized carbons (Fsp3) is 0.714. The molecule has 0 spiro atoms. The number of hydrogen-bond donors (Lipinski definition) is 0. The Morgan fingerprint density at radius 1 is 1.50 bits per heavy atom. The summed E-state index contributed by atoms with van der Waals surface area (Å²) in [4.78, 5) is 2.48. The number of rotatable bonds is 4. The minimum atomic E-state index is -0.0627. The summed E-state index contributed by atoms with van der Waals surface area (Å²) in [7, 11) is 0. The summed E-state index contributed by atoms with van der Waals surface area (Å²) in [5.41, 5.74) is 1.11. The molecule has 18 heavy (non-hydrogen) atoms. The third-order valence-corrected chi connectivity index (χ3v) is 4.38. The highest BCUT2D eigenvalue weighted by atomic mass is 15.4. The molecule has 1 aromatic rings. The van der Waals surface area contributed by atoms with Gasteiger partial charge in [0.2, 0.25) is 0 Å². The first-order valence-corrected chi connectivity index (χ1v) is 6.83. The van der Waals surface area contributed by atoms with Gasteiger partial charge in [-0.1, -0.05) is 6.42 Å². The number of aryl methyl sites for hydroxylation is 1. The van der Waals surface area contributed by atoms with Gasteiger partial charge in [0.25, 0.3) is 0 Å². The normalized spacial score (nSPS) is 23.1. The van der Waals surface area contributed by atoms with Gasteiger partial charge in [-0.2, -0.15) is 10.4 Å². The molecule has 3 rings (SSSR count). The molecule has 2 fully saturated rings. The number of aromatic nitrogens is 2. The maximum absolute atomic E-state index is 9.05. The SMILES string of the molecule is Cc1cnn(C2(CC#N)CN(CC3CCC3)C2)c1. The maximum Gasteiger partial charge on any atom is 0.101 e. The van der Waals surface area contributed by atoms with Crippen molar-refractivity contribution in [2.45, 2.75) is 38.1 Å². The fourth-order valence-corrected chi connectivity index (χ4v) is 3.11. The highest BCUT2D eigenvalue weighted by Crippen LogP contribution is 2.35. The highest BCUT2D eigenvalue weighted by molar-refractivity contribution is 5.10. The predicted octanol–water partition coefficient (Wildman–Crippen LogP) is 1.92. The van der Waals surface area contributed by atoms with E-state index in [0.29, 0.717) is 6.42 Å². The lowest BCUT2D eigenvalue weighted by Gasteiger charge is -2.51.